The van der Waals surface area contributed by atoms with Crippen LogP contribution in [0.15, 0.2) is 85.5 Å². The summed E-state index contributed by atoms with van der Waals surface area (Å²) in [5, 5.41) is 15.3. The highest BCUT2D eigenvalue weighted by atomic mass is 35.5. The Hall–Kier alpha value is -4.43. The molecule has 196 valence electrons. The van der Waals surface area contributed by atoms with Crippen molar-refractivity contribution >= 4 is 23.4 Å². The zero-order valence-corrected chi connectivity index (χ0v) is 22.2. The second-order valence-corrected chi connectivity index (χ2v) is 10.2. The molecule has 1 fully saturated rings. The number of hydrogen-bond donors (Lipinski definition) is 2. The number of halogens is 1. The molecular formula is C30H28ClN6O2+. The van der Waals surface area contributed by atoms with Crippen molar-refractivity contribution in [1.82, 2.24) is 20.0 Å². The Kier molecular flexibility index (Phi) is 6.85. The number of methoxy groups -OCH3 is 1. The summed E-state index contributed by atoms with van der Waals surface area (Å²) in [7, 11) is 1.34. The minimum absolute atomic E-state index is 0.0898. The minimum Gasteiger partial charge on any atom is -0.453 e. The van der Waals surface area contributed by atoms with Gasteiger partial charge in [-0.2, -0.15) is 10.2 Å². The van der Waals surface area contributed by atoms with Crippen LogP contribution in [-0.4, -0.2) is 33.2 Å². The summed E-state index contributed by atoms with van der Waals surface area (Å²) in [5.74, 6) is 0.708. The molecule has 0 bridgehead atoms. The number of carbonyl (C=O) groups excluding carboxylic acids is 1. The lowest BCUT2D eigenvalue weighted by Crippen LogP contribution is -2.21. The summed E-state index contributed by atoms with van der Waals surface area (Å²) >= 11 is 6.37. The molecule has 2 aromatic carbocycles. The average Bonchev–Trinajstić information content (AvgIpc) is 3.39. The van der Waals surface area contributed by atoms with Crippen molar-refractivity contribution in [2.24, 2.45) is 5.92 Å². The third kappa shape index (κ3) is 5.56. The average molecular weight is 540 g/mol. The summed E-state index contributed by atoms with van der Waals surface area (Å²) in [6.45, 7) is 0. The summed E-state index contributed by atoms with van der Waals surface area (Å²) in [5.41, 5.74) is 7.86. The van der Waals surface area contributed by atoms with Gasteiger partial charge in [-0.3, -0.25) is 15.1 Å². The molecule has 1 aliphatic rings. The van der Waals surface area contributed by atoms with Crippen LogP contribution >= 0.6 is 11.6 Å². The van der Waals surface area contributed by atoms with Crippen molar-refractivity contribution in [3.05, 3.63) is 96.2 Å². The lowest BCUT2D eigenvalue weighted by molar-refractivity contribution is -0.393. The van der Waals surface area contributed by atoms with Crippen LogP contribution in [0.1, 0.15) is 31.0 Å². The summed E-state index contributed by atoms with van der Waals surface area (Å²) < 4.78 is 6.71. The maximum absolute atomic E-state index is 11.5. The van der Waals surface area contributed by atoms with E-state index in [0.717, 1.165) is 45.6 Å². The molecule has 3 aromatic heterocycles. The lowest BCUT2D eigenvalue weighted by atomic mass is 9.98. The number of anilines is 1. The van der Waals surface area contributed by atoms with Gasteiger partial charge in [0.05, 0.1) is 19.0 Å². The maximum atomic E-state index is 11.5. The van der Waals surface area contributed by atoms with Crippen molar-refractivity contribution < 1.29 is 14.5 Å². The van der Waals surface area contributed by atoms with E-state index in [4.69, 9.17) is 16.7 Å². The van der Waals surface area contributed by atoms with Crippen LogP contribution < -0.4 is 10.3 Å². The fourth-order valence-electron chi connectivity index (χ4n) is 4.83. The molecule has 9 heteroatoms. The van der Waals surface area contributed by atoms with Gasteiger partial charge in [0.1, 0.15) is 6.04 Å². The zero-order valence-electron chi connectivity index (χ0n) is 21.4. The first kappa shape index (κ1) is 24.9. The number of nitrogens with one attached hydrogen (secondary N) is 3. The predicted octanol–water partition coefficient (Wildman–Crippen LogP) is 6.64. The first-order valence-corrected chi connectivity index (χ1v) is 13.3. The Balaban J connectivity index is 1.27. The molecule has 39 heavy (non-hydrogen) atoms. The summed E-state index contributed by atoms with van der Waals surface area (Å²) in [4.78, 5) is 15.0. The highest BCUT2D eigenvalue weighted by Crippen LogP contribution is 2.39. The molecule has 3 heterocycles. The molecule has 0 aliphatic heterocycles. The van der Waals surface area contributed by atoms with Crippen LogP contribution in [0.4, 0.5) is 10.5 Å². The summed E-state index contributed by atoms with van der Waals surface area (Å²) in [6.07, 6.45) is 10.8. The number of pyridine rings is 1. The van der Waals surface area contributed by atoms with E-state index in [0.29, 0.717) is 16.6 Å². The van der Waals surface area contributed by atoms with E-state index in [1.54, 1.807) is 6.20 Å². The van der Waals surface area contributed by atoms with Crippen LogP contribution in [0.5, 0.6) is 0 Å². The predicted molar refractivity (Wildman–Crippen MR) is 150 cm³/mol. The van der Waals surface area contributed by atoms with Gasteiger partial charge in [0.2, 0.25) is 5.69 Å². The molecule has 6 rings (SSSR count). The Morgan fingerprint density at radius 2 is 1.92 bits per heavy atom. The number of ether oxygens (including phenoxy) is 1. The van der Waals surface area contributed by atoms with Gasteiger partial charge in [0.25, 0.3) is 0 Å². The molecule has 5 aromatic rings. The number of carbonyl (C=O) groups is 1. The Labute approximate surface area is 231 Å². The molecule has 0 radical (unpaired) electrons. The van der Waals surface area contributed by atoms with Gasteiger partial charge in [-0.15, -0.1) is 0 Å². The van der Waals surface area contributed by atoms with Gasteiger partial charge < -0.3 is 4.74 Å². The van der Waals surface area contributed by atoms with Crippen molar-refractivity contribution in [1.29, 1.82) is 0 Å². The first-order chi connectivity index (χ1) is 19.1. The number of nitrogens with zero attached hydrogens (tertiary/aromatic N) is 3. The van der Waals surface area contributed by atoms with E-state index in [1.165, 1.54) is 20.0 Å². The molecule has 1 saturated carbocycles. The number of amides is 1. The fraction of sp³-hybridized carbons (Fsp3) is 0.200. The van der Waals surface area contributed by atoms with Crippen molar-refractivity contribution in [2.75, 3.05) is 12.4 Å². The topological polar surface area (TPSA) is 99.0 Å². The SMILES string of the molecule is COC(=O)Nc1ccc(-c2cnn(C(CC3CC3)c3ccc(-c4cc(Cl)ccc4-c4ccn[nH]4)c[nH+]3)c2)cc1. The van der Waals surface area contributed by atoms with Gasteiger partial charge in [0, 0.05) is 45.9 Å². The van der Waals surface area contributed by atoms with E-state index in [1.807, 2.05) is 60.9 Å². The largest absolute Gasteiger partial charge is 0.453 e. The van der Waals surface area contributed by atoms with Gasteiger partial charge in [-0.1, -0.05) is 42.6 Å². The van der Waals surface area contributed by atoms with Gasteiger partial charge >= 0.3 is 6.09 Å². The number of aromatic amines is 2. The zero-order chi connectivity index (χ0) is 26.8. The Morgan fingerprint density at radius 3 is 2.62 bits per heavy atom. The third-order valence-corrected chi connectivity index (χ3v) is 7.34. The fourth-order valence-corrected chi connectivity index (χ4v) is 5.00. The van der Waals surface area contributed by atoms with Crippen molar-refractivity contribution in [3.63, 3.8) is 0 Å². The second kappa shape index (κ2) is 10.7. The third-order valence-electron chi connectivity index (χ3n) is 7.10. The maximum Gasteiger partial charge on any atom is 0.411 e. The van der Waals surface area contributed by atoms with Gasteiger partial charge in [-0.05, 0) is 59.9 Å². The minimum atomic E-state index is -0.492. The van der Waals surface area contributed by atoms with Crippen LogP contribution in [0.2, 0.25) is 5.02 Å². The normalized spacial score (nSPS) is 13.7. The van der Waals surface area contributed by atoms with E-state index >= 15 is 0 Å². The summed E-state index contributed by atoms with van der Waals surface area (Å²) in [6, 6.07) is 19.8. The number of benzene rings is 2. The number of H-pyrrole nitrogens is 2. The molecule has 0 saturated heterocycles. The molecule has 3 N–H and O–H groups in total. The highest BCUT2D eigenvalue weighted by Gasteiger charge is 2.31. The molecular weight excluding hydrogens is 512 g/mol. The van der Waals surface area contributed by atoms with E-state index in [-0.39, 0.29) is 6.04 Å². The van der Waals surface area contributed by atoms with Crippen LogP contribution in [0.3, 0.4) is 0 Å². The second-order valence-electron chi connectivity index (χ2n) is 9.79. The van der Waals surface area contributed by atoms with Crippen LogP contribution in [0.25, 0.3) is 33.5 Å². The van der Waals surface area contributed by atoms with E-state index < -0.39 is 6.09 Å². The molecule has 8 nitrogen and oxygen atoms in total. The van der Waals surface area contributed by atoms with Crippen LogP contribution in [0, 0.1) is 5.92 Å². The van der Waals surface area contributed by atoms with E-state index in [9.17, 15) is 4.79 Å². The number of hydrogen-bond acceptors (Lipinski definition) is 4. The molecule has 1 atom stereocenters. The number of aromatic nitrogens is 5. The monoisotopic (exact) mass is 539 g/mol. The van der Waals surface area contributed by atoms with Crippen molar-refractivity contribution in [3.8, 4) is 33.5 Å². The Bertz CT molecular complexity index is 1580. The quantitative estimate of drug-likeness (QED) is 0.231. The van der Waals surface area contributed by atoms with Gasteiger partial charge in [0.15, 0.2) is 6.20 Å². The molecule has 1 amide bonds. The smallest absolute Gasteiger partial charge is 0.411 e. The highest BCUT2D eigenvalue weighted by molar-refractivity contribution is 6.31. The lowest BCUT2D eigenvalue weighted by Gasteiger charge is -2.14. The Morgan fingerprint density at radius 1 is 1.10 bits per heavy atom. The van der Waals surface area contributed by atoms with Crippen molar-refractivity contribution in [2.45, 2.75) is 25.3 Å². The first-order valence-electron chi connectivity index (χ1n) is 12.9. The standard InChI is InChI=1S/C30H27ClN6O2/c1-39-30(38)35-24-8-4-20(5-9-24)22-17-34-37(18-22)29(14-19-2-3-19)28-11-6-21(16-32-28)26-15-23(31)7-10-25(26)27-12-13-33-36-27/h4-13,15-19,29H,2-3,14H2,1H3,(H,33,36)(H,35,38)/p+1. The molecule has 1 unspecified atom stereocenters. The molecule has 0 spiro atoms. The van der Waals surface area contributed by atoms with Gasteiger partial charge in [-0.25, -0.2) is 9.78 Å². The van der Waals surface area contributed by atoms with E-state index in [2.05, 4.69) is 48.2 Å². The molecule has 1 aliphatic carbocycles. The number of rotatable bonds is 8. The van der Waals surface area contributed by atoms with Crippen LogP contribution in [-0.2, 0) is 4.74 Å².